The lowest BCUT2D eigenvalue weighted by molar-refractivity contribution is 0.100. The molecule has 6 nitrogen and oxygen atoms in total. The Morgan fingerprint density at radius 3 is 2.69 bits per heavy atom. The number of amides is 1. The molecule has 130 valence electrons. The number of ether oxygens (including phenoxy) is 1. The number of nitrogens with zero attached hydrogens (tertiary/aromatic N) is 3. The van der Waals surface area contributed by atoms with Gasteiger partial charge in [-0.1, -0.05) is 0 Å². The first-order valence-electron chi connectivity index (χ1n) is 7.20. The van der Waals surface area contributed by atoms with E-state index in [9.17, 15) is 18.8 Å². The Morgan fingerprint density at radius 1 is 1.23 bits per heavy atom. The molecule has 0 aliphatic rings. The zero-order valence-corrected chi connectivity index (χ0v) is 13.9. The summed E-state index contributed by atoms with van der Waals surface area (Å²) in [6.45, 7) is -0.0857. The first kappa shape index (κ1) is 17.4. The van der Waals surface area contributed by atoms with E-state index < -0.39 is 17.5 Å². The van der Waals surface area contributed by atoms with E-state index in [1.807, 2.05) is 6.07 Å². The van der Waals surface area contributed by atoms with Crippen molar-refractivity contribution in [3.8, 4) is 23.1 Å². The fourth-order valence-electron chi connectivity index (χ4n) is 2.20. The number of nitriles is 1. The quantitative estimate of drug-likeness (QED) is 0.742. The summed E-state index contributed by atoms with van der Waals surface area (Å²) in [5.41, 5.74) is 6.16. The highest BCUT2D eigenvalue weighted by molar-refractivity contribution is 7.15. The van der Waals surface area contributed by atoms with E-state index in [4.69, 9.17) is 10.5 Å². The van der Waals surface area contributed by atoms with Crippen LogP contribution in [0.25, 0.3) is 11.3 Å². The molecule has 3 heterocycles. The standard InChI is InChI=1S/C17H10F2N4O2S/c18-10-1-9(5-22-6-10)8-25-13-2-11(19)7-23-16(13)12-3-14(17(21)24)26-15(12)4-20/h1-3,5-7H,8H2,(H2,21,24). The monoisotopic (exact) mass is 372 g/mol. The summed E-state index contributed by atoms with van der Waals surface area (Å²) >= 11 is 0.907. The molecular weight excluding hydrogens is 362 g/mol. The van der Waals surface area contributed by atoms with Gasteiger partial charge in [0.25, 0.3) is 5.91 Å². The van der Waals surface area contributed by atoms with Crippen LogP contribution >= 0.6 is 11.3 Å². The molecule has 1 amide bonds. The van der Waals surface area contributed by atoms with Gasteiger partial charge < -0.3 is 10.5 Å². The maximum absolute atomic E-state index is 13.6. The second-order valence-corrected chi connectivity index (χ2v) is 6.18. The van der Waals surface area contributed by atoms with Crippen LogP contribution in [-0.2, 0) is 6.61 Å². The number of thiophene rings is 1. The van der Waals surface area contributed by atoms with Crippen LogP contribution < -0.4 is 10.5 Å². The van der Waals surface area contributed by atoms with Gasteiger partial charge in [0, 0.05) is 23.4 Å². The Labute approximate surface area is 150 Å². The Morgan fingerprint density at radius 2 is 2.00 bits per heavy atom. The predicted octanol–water partition coefficient (Wildman–Crippen LogP) is 3.03. The van der Waals surface area contributed by atoms with Gasteiger partial charge in [-0.2, -0.15) is 5.26 Å². The number of hydrogen-bond acceptors (Lipinski definition) is 6. The molecule has 0 saturated carbocycles. The first-order chi connectivity index (χ1) is 12.5. The van der Waals surface area contributed by atoms with Crippen molar-refractivity contribution in [2.24, 2.45) is 5.73 Å². The van der Waals surface area contributed by atoms with Gasteiger partial charge in [0.15, 0.2) is 0 Å². The van der Waals surface area contributed by atoms with Crippen LogP contribution in [0, 0.1) is 23.0 Å². The summed E-state index contributed by atoms with van der Waals surface area (Å²) in [5, 5.41) is 9.27. The van der Waals surface area contributed by atoms with E-state index in [1.54, 1.807) is 0 Å². The minimum Gasteiger partial charge on any atom is -0.486 e. The lowest BCUT2D eigenvalue weighted by Gasteiger charge is -2.10. The Balaban J connectivity index is 1.99. The third kappa shape index (κ3) is 3.65. The van der Waals surface area contributed by atoms with Gasteiger partial charge in [-0.15, -0.1) is 11.3 Å². The molecule has 0 unspecified atom stereocenters. The number of nitrogens with two attached hydrogens (primary N) is 1. The predicted molar refractivity (Wildman–Crippen MR) is 89.3 cm³/mol. The number of aromatic nitrogens is 2. The topological polar surface area (TPSA) is 102 Å². The molecule has 3 aromatic heterocycles. The van der Waals surface area contributed by atoms with Crippen LogP contribution in [0.15, 0.2) is 36.8 Å². The average Bonchev–Trinajstić information content (AvgIpc) is 3.04. The number of hydrogen-bond donors (Lipinski definition) is 1. The van der Waals surface area contributed by atoms with Crippen LogP contribution in [0.2, 0.25) is 0 Å². The highest BCUT2D eigenvalue weighted by Crippen LogP contribution is 2.35. The van der Waals surface area contributed by atoms with Crippen LogP contribution in [0.1, 0.15) is 20.1 Å². The van der Waals surface area contributed by atoms with Crippen molar-refractivity contribution < 1.29 is 18.3 Å². The maximum atomic E-state index is 13.6. The lowest BCUT2D eigenvalue weighted by Crippen LogP contribution is -2.08. The van der Waals surface area contributed by atoms with Crippen LogP contribution in [0.4, 0.5) is 8.78 Å². The second kappa shape index (κ2) is 7.25. The van der Waals surface area contributed by atoms with Gasteiger partial charge in [-0.25, -0.2) is 13.8 Å². The Hall–Kier alpha value is -3.38. The molecule has 9 heteroatoms. The normalized spacial score (nSPS) is 10.3. The molecule has 0 fully saturated rings. The highest BCUT2D eigenvalue weighted by Gasteiger charge is 2.19. The third-order valence-corrected chi connectivity index (χ3v) is 4.36. The van der Waals surface area contributed by atoms with E-state index in [-0.39, 0.29) is 27.8 Å². The summed E-state index contributed by atoms with van der Waals surface area (Å²) in [6.07, 6.45) is 3.43. The van der Waals surface area contributed by atoms with Crippen LogP contribution in [0.3, 0.4) is 0 Å². The fourth-order valence-corrected chi connectivity index (χ4v) is 3.01. The van der Waals surface area contributed by atoms with Crippen LogP contribution in [0.5, 0.6) is 5.75 Å². The molecule has 0 radical (unpaired) electrons. The largest absolute Gasteiger partial charge is 0.486 e. The summed E-state index contributed by atoms with van der Waals surface area (Å²) in [7, 11) is 0. The summed E-state index contributed by atoms with van der Waals surface area (Å²) in [4.78, 5) is 19.4. The van der Waals surface area contributed by atoms with Crippen molar-refractivity contribution >= 4 is 17.2 Å². The van der Waals surface area contributed by atoms with Crippen molar-refractivity contribution in [1.29, 1.82) is 5.26 Å². The summed E-state index contributed by atoms with van der Waals surface area (Å²) in [5.74, 6) is -1.82. The SMILES string of the molecule is N#Cc1sc(C(N)=O)cc1-c1ncc(F)cc1OCc1cncc(F)c1. The molecule has 0 aliphatic carbocycles. The first-order valence-corrected chi connectivity index (χ1v) is 8.01. The summed E-state index contributed by atoms with van der Waals surface area (Å²) in [6, 6.07) is 5.69. The van der Waals surface area contributed by atoms with Crippen molar-refractivity contribution in [2.45, 2.75) is 6.61 Å². The molecule has 0 saturated heterocycles. The number of pyridine rings is 2. The van der Waals surface area contributed by atoms with Crippen molar-refractivity contribution in [3.63, 3.8) is 0 Å². The summed E-state index contributed by atoms with van der Waals surface area (Å²) < 4.78 is 32.4. The van der Waals surface area contributed by atoms with E-state index in [0.717, 1.165) is 29.8 Å². The average molecular weight is 372 g/mol. The molecule has 26 heavy (non-hydrogen) atoms. The molecule has 3 rings (SSSR count). The second-order valence-electron chi connectivity index (χ2n) is 5.13. The Kier molecular flexibility index (Phi) is 4.86. The number of rotatable bonds is 5. The van der Waals surface area contributed by atoms with E-state index >= 15 is 0 Å². The zero-order chi connectivity index (χ0) is 18.7. The molecule has 0 aromatic carbocycles. The molecule has 2 N–H and O–H groups in total. The van der Waals surface area contributed by atoms with Crippen molar-refractivity contribution in [2.75, 3.05) is 0 Å². The van der Waals surface area contributed by atoms with Crippen molar-refractivity contribution in [1.82, 2.24) is 9.97 Å². The smallest absolute Gasteiger partial charge is 0.258 e. The third-order valence-electron chi connectivity index (χ3n) is 3.31. The fraction of sp³-hybridized carbons (Fsp3) is 0.0588. The van der Waals surface area contributed by atoms with E-state index in [2.05, 4.69) is 9.97 Å². The minimum atomic E-state index is -0.687. The number of halogens is 2. The number of carbonyl (C=O) groups excluding carboxylic acids is 1. The molecule has 0 atom stereocenters. The number of carbonyl (C=O) groups is 1. The molecule has 3 aromatic rings. The number of primary amides is 1. The minimum absolute atomic E-state index is 0.0413. The maximum Gasteiger partial charge on any atom is 0.258 e. The molecule has 0 bridgehead atoms. The Bertz CT molecular complexity index is 1030. The van der Waals surface area contributed by atoms with E-state index in [1.165, 1.54) is 18.3 Å². The molecule has 0 aliphatic heterocycles. The lowest BCUT2D eigenvalue weighted by atomic mass is 10.1. The van der Waals surface area contributed by atoms with Gasteiger partial charge in [0.1, 0.15) is 40.6 Å². The van der Waals surface area contributed by atoms with E-state index in [0.29, 0.717) is 11.1 Å². The van der Waals surface area contributed by atoms with Gasteiger partial charge >= 0.3 is 0 Å². The van der Waals surface area contributed by atoms with Gasteiger partial charge in [0.2, 0.25) is 0 Å². The zero-order valence-electron chi connectivity index (χ0n) is 13.1. The van der Waals surface area contributed by atoms with Crippen molar-refractivity contribution in [3.05, 3.63) is 63.7 Å². The highest BCUT2D eigenvalue weighted by atomic mass is 32.1. The van der Waals surface area contributed by atoms with Gasteiger partial charge in [-0.05, 0) is 12.1 Å². The van der Waals surface area contributed by atoms with Gasteiger partial charge in [-0.3, -0.25) is 9.78 Å². The van der Waals surface area contributed by atoms with Crippen LogP contribution in [-0.4, -0.2) is 15.9 Å². The molecular formula is C17H10F2N4O2S. The molecule has 0 spiro atoms. The van der Waals surface area contributed by atoms with Gasteiger partial charge in [0.05, 0.1) is 17.3 Å².